The molecule has 0 atom stereocenters. The number of carbonyl (C=O) groups excluding carboxylic acids is 1. The number of carbonyl (C=O) groups is 1. The monoisotopic (exact) mass is 281 g/mol. The van der Waals surface area contributed by atoms with Gasteiger partial charge >= 0.3 is 0 Å². The molecule has 5 nitrogen and oxygen atoms in total. The molecule has 1 rings (SSSR count). The minimum absolute atomic E-state index is 0.0171. The van der Waals surface area contributed by atoms with Crippen molar-refractivity contribution in [3.05, 3.63) is 29.3 Å². The fourth-order valence-electron chi connectivity index (χ4n) is 1.78. The fourth-order valence-corrected chi connectivity index (χ4v) is 1.78. The Morgan fingerprint density at radius 1 is 1.25 bits per heavy atom. The number of hydrogen-bond acceptors (Lipinski definition) is 4. The smallest absolute Gasteiger partial charge is 0.257 e. The van der Waals surface area contributed by atoms with Crippen LogP contribution in [0.2, 0.25) is 0 Å². The van der Waals surface area contributed by atoms with Crippen molar-refractivity contribution in [3.8, 4) is 5.75 Å². The molecule has 5 heteroatoms. The van der Waals surface area contributed by atoms with Gasteiger partial charge in [-0.25, -0.2) is 0 Å². The SMILES string of the molecule is Cc1cccc(C)c1OCC(=O)NCCCOCCO. The van der Waals surface area contributed by atoms with Crippen LogP contribution in [-0.2, 0) is 9.53 Å². The third kappa shape index (κ3) is 6.04. The normalized spacial score (nSPS) is 10.3. The standard InChI is InChI=1S/C15H23NO4/c1-12-5-3-6-13(2)15(12)20-11-14(18)16-7-4-9-19-10-8-17/h3,5-6,17H,4,7-11H2,1-2H3,(H,16,18). The molecule has 0 radical (unpaired) electrons. The number of para-hydroxylation sites is 1. The minimum atomic E-state index is -0.144. The number of aliphatic hydroxyl groups excluding tert-OH is 1. The summed E-state index contributed by atoms with van der Waals surface area (Å²) in [6, 6.07) is 5.88. The first-order chi connectivity index (χ1) is 9.65. The highest BCUT2D eigenvalue weighted by molar-refractivity contribution is 5.77. The van der Waals surface area contributed by atoms with Gasteiger partial charge in [-0.2, -0.15) is 0 Å². The first-order valence-corrected chi connectivity index (χ1v) is 6.79. The highest BCUT2D eigenvalue weighted by atomic mass is 16.5. The van der Waals surface area contributed by atoms with E-state index in [1.165, 1.54) is 0 Å². The summed E-state index contributed by atoms with van der Waals surface area (Å²) in [4.78, 5) is 11.6. The molecule has 0 aliphatic heterocycles. The van der Waals surface area contributed by atoms with Crippen LogP contribution in [0.4, 0.5) is 0 Å². The highest BCUT2D eigenvalue weighted by Gasteiger charge is 2.06. The molecule has 0 saturated carbocycles. The van der Waals surface area contributed by atoms with Crippen molar-refractivity contribution in [3.63, 3.8) is 0 Å². The van der Waals surface area contributed by atoms with Gasteiger partial charge in [-0.1, -0.05) is 18.2 Å². The first kappa shape index (κ1) is 16.5. The maximum Gasteiger partial charge on any atom is 0.257 e. The number of amides is 1. The van der Waals surface area contributed by atoms with Crippen LogP contribution in [0.5, 0.6) is 5.75 Å². The third-order valence-corrected chi connectivity index (χ3v) is 2.78. The van der Waals surface area contributed by atoms with Gasteiger partial charge in [-0.3, -0.25) is 4.79 Å². The van der Waals surface area contributed by atoms with Crippen LogP contribution in [0.15, 0.2) is 18.2 Å². The van der Waals surface area contributed by atoms with Crippen LogP contribution in [0.1, 0.15) is 17.5 Å². The Balaban J connectivity index is 2.20. The average molecular weight is 281 g/mol. The highest BCUT2D eigenvalue weighted by Crippen LogP contribution is 2.21. The molecule has 0 aromatic heterocycles. The van der Waals surface area contributed by atoms with E-state index in [0.29, 0.717) is 19.8 Å². The van der Waals surface area contributed by atoms with E-state index in [0.717, 1.165) is 23.3 Å². The molecule has 112 valence electrons. The van der Waals surface area contributed by atoms with Gasteiger partial charge < -0.3 is 19.9 Å². The summed E-state index contributed by atoms with van der Waals surface area (Å²) in [7, 11) is 0. The molecule has 1 amide bonds. The van der Waals surface area contributed by atoms with E-state index in [1.54, 1.807) is 0 Å². The number of nitrogens with one attached hydrogen (secondary N) is 1. The summed E-state index contributed by atoms with van der Waals surface area (Å²) in [6.07, 6.45) is 0.717. The maximum absolute atomic E-state index is 11.6. The van der Waals surface area contributed by atoms with E-state index >= 15 is 0 Å². The number of rotatable bonds is 9. The second kappa shape index (κ2) is 9.34. The van der Waals surface area contributed by atoms with Gasteiger partial charge in [-0.05, 0) is 31.4 Å². The van der Waals surface area contributed by atoms with Gasteiger partial charge in [0.1, 0.15) is 5.75 Å². The summed E-state index contributed by atoms with van der Waals surface area (Å²) < 4.78 is 10.6. The minimum Gasteiger partial charge on any atom is -0.483 e. The topological polar surface area (TPSA) is 67.8 Å². The zero-order chi connectivity index (χ0) is 14.8. The Kier molecular flexibility index (Phi) is 7.69. The zero-order valence-electron chi connectivity index (χ0n) is 12.1. The second-order valence-electron chi connectivity index (χ2n) is 4.55. The van der Waals surface area contributed by atoms with Crippen molar-refractivity contribution >= 4 is 5.91 Å². The first-order valence-electron chi connectivity index (χ1n) is 6.79. The maximum atomic E-state index is 11.6. The van der Waals surface area contributed by atoms with E-state index in [2.05, 4.69) is 5.32 Å². The molecule has 0 fully saturated rings. The Bertz CT molecular complexity index is 400. The molecule has 0 spiro atoms. The van der Waals surface area contributed by atoms with Gasteiger partial charge in [0.25, 0.3) is 5.91 Å². The largest absolute Gasteiger partial charge is 0.483 e. The molecular formula is C15H23NO4. The van der Waals surface area contributed by atoms with E-state index in [4.69, 9.17) is 14.6 Å². The van der Waals surface area contributed by atoms with E-state index in [1.807, 2.05) is 32.0 Å². The molecular weight excluding hydrogens is 258 g/mol. The molecule has 0 saturated heterocycles. The van der Waals surface area contributed by atoms with Gasteiger partial charge in [0.15, 0.2) is 6.61 Å². The lowest BCUT2D eigenvalue weighted by atomic mass is 10.1. The van der Waals surface area contributed by atoms with Crippen LogP contribution in [0.3, 0.4) is 0 Å². The van der Waals surface area contributed by atoms with Gasteiger partial charge in [0, 0.05) is 13.2 Å². The summed E-state index contributed by atoms with van der Waals surface area (Å²) in [6.45, 7) is 5.36. The van der Waals surface area contributed by atoms with Crippen molar-refractivity contribution < 1.29 is 19.4 Å². The van der Waals surface area contributed by atoms with Crippen LogP contribution >= 0.6 is 0 Å². The molecule has 1 aromatic rings. The number of aliphatic hydroxyl groups is 1. The van der Waals surface area contributed by atoms with Gasteiger partial charge in [0.2, 0.25) is 0 Å². The molecule has 0 aliphatic carbocycles. The predicted octanol–water partition coefficient (Wildman–Crippen LogP) is 1.20. The third-order valence-electron chi connectivity index (χ3n) is 2.78. The lowest BCUT2D eigenvalue weighted by molar-refractivity contribution is -0.123. The van der Waals surface area contributed by atoms with E-state index in [9.17, 15) is 4.79 Å². The number of benzene rings is 1. The predicted molar refractivity (Wildman–Crippen MR) is 76.9 cm³/mol. The van der Waals surface area contributed by atoms with Gasteiger partial charge in [0.05, 0.1) is 13.2 Å². The zero-order valence-corrected chi connectivity index (χ0v) is 12.1. The van der Waals surface area contributed by atoms with E-state index in [-0.39, 0.29) is 19.1 Å². The molecule has 1 aromatic carbocycles. The Morgan fingerprint density at radius 2 is 1.95 bits per heavy atom. The van der Waals surface area contributed by atoms with Crippen LogP contribution in [-0.4, -0.2) is 44.0 Å². The summed E-state index contributed by atoms with van der Waals surface area (Å²) in [5.41, 5.74) is 2.05. The van der Waals surface area contributed by atoms with Gasteiger partial charge in [-0.15, -0.1) is 0 Å². The van der Waals surface area contributed by atoms with Crippen molar-refractivity contribution in [1.29, 1.82) is 0 Å². The van der Waals surface area contributed by atoms with Crippen LogP contribution < -0.4 is 10.1 Å². The molecule has 20 heavy (non-hydrogen) atoms. The molecule has 0 bridgehead atoms. The van der Waals surface area contributed by atoms with Crippen molar-refractivity contribution in [2.75, 3.05) is 33.0 Å². The summed E-state index contributed by atoms with van der Waals surface area (Å²) >= 11 is 0. The molecule has 2 N–H and O–H groups in total. The van der Waals surface area contributed by atoms with Crippen LogP contribution in [0, 0.1) is 13.8 Å². The van der Waals surface area contributed by atoms with Crippen molar-refractivity contribution in [2.45, 2.75) is 20.3 Å². The second-order valence-corrected chi connectivity index (χ2v) is 4.55. The van der Waals surface area contributed by atoms with E-state index < -0.39 is 0 Å². The number of ether oxygens (including phenoxy) is 2. The van der Waals surface area contributed by atoms with Crippen molar-refractivity contribution in [1.82, 2.24) is 5.32 Å². The Morgan fingerprint density at radius 3 is 2.60 bits per heavy atom. The summed E-state index contributed by atoms with van der Waals surface area (Å²) in [5, 5.41) is 11.3. The average Bonchev–Trinajstić information content (AvgIpc) is 2.42. The molecule has 0 unspecified atom stereocenters. The molecule has 0 heterocycles. The Hall–Kier alpha value is -1.59. The molecule has 0 aliphatic rings. The Labute approximate surface area is 119 Å². The fraction of sp³-hybridized carbons (Fsp3) is 0.533. The quantitative estimate of drug-likeness (QED) is 0.667. The number of hydrogen-bond donors (Lipinski definition) is 2. The summed E-state index contributed by atoms with van der Waals surface area (Å²) in [5.74, 6) is 0.628. The lowest BCUT2D eigenvalue weighted by Crippen LogP contribution is -2.30. The van der Waals surface area contributed by atoms with Crippen molar-refractivity contribution in [2.24, 2.45) is 0 Å². The number of aryl methyl sites for hydroxylation is 2. The van der Waals surface area contributed by atoms with Crippen LogP contribution in [0.25, 0.3) is 0 Å². The lowest BCUT2D eigenvalue weighted by Gasteiger charge is -2.12.